The van der Waals surface area contributed by atoms with Crippen LogP contribution in [0.25, 0.3) is 0 Å². The molecule has 0 aromatic carbocycles. The topological polar surface area (TPSA) is 545 Å². The summed E-state index contributed by atoms with van der Waals surface area (Å²) in [4.78, 5) is 0. The summed E-state index contributed by atoms with van der Waals surface area (Å²) in [5.41, 5.74) is 0. The predicted molar refractivity (Wildman–Crippen MR) is 220 cm³/mol. The van der Waals surface area contributed by atoms with Crippen molar-refractivity contribution in [3.05, 3.63) is 0 Å². The molecule has 0 aliphatic carbocycles. The third-order valence-electron chi connectivity index (χ3n) is 13.7. The van der Waals surface area contributed by atoms with E-state index in [-0.39, 0.29) is 0 Å². The van der Waals surface area contributed by atoms with Crippen LogP contribution in [0.1, 0.15) is 0 Å². The number of rotatable bonds is 17. The lowest BCUT2D eigenvalue weighted by Gasteiger charge is -2.50. The van der Waals surface area contributed by atoms with Crippen LogP contribution in [0.2, 0.25) is 0 Å². The van der Waals surface area contributed by atoms with Crippen molar-refractivity contribution in [2.45, 2.75) is 203 Å². The second-order valence-electron chi connectivity index (χ2n) is 18.8. The van der Waals surface area contributed by atoms with E-state index in [4.69, 9.17) is 61.6 Å². The maximum atomic E-state index is 11.5. The Labute approximate surface area is 417 Å². The zero-order valence-electron chi connectivity index (χ0n) is 38.7. The Morgan fingerprint density at radius 1 is 0.284 bits per heavy atom. The Balaban J connectivity index is 1.08. The summed E-state index contributed by atoms with van der Waals surface area (Å²) in [6.07, 6.45) is -63.1. The summed E-state index contributed by atoms with van der Waals surface area (Å²) in [6.45, 7) is -5.64. The molecule has 7 rings (SSSR count). The molecule has 0 bridgehead atoms. The van der Waals surface area contributed by atoms with Gasteiger partial charge in [-0.15, -0.1) is 0 Å². The minimum atomic E-state index is -2.28. The monoisotopic (exact) mass is 1090 g/mol. The van der Waals surface area contributed by atoms with Gasteiger partial charge in [0.05, 0.1) is 46.2 Å². The summed E-state index contributed by atoms with van der Waals surface area (Å²) < 4.78 is 72.6. The van der Waals surface area contributed by atoms with Crippen LogP contribution in [0.5, 0.6) is 0 Å². The molecule has 0 spiro atoms. The molecule has 432 valence electrons. The molecular formula is C40H68O34. The zero-order valence-corrected chi connectivity index (χ0v) is 38.7. The van der Waals surface area contributed by atoms with Gasteiger partial charge in [-0.05, 0) is 0 Å². The van der Waals surface area contributed by atoms with Gasteiger partial charge in [0, 0.05) is 0 Å². The van der Waals surface area contributed by atoms with Gasteiger partial charge in [-0.3, -0.25) is 0 Å². The molecule has 34 heteroatoms. The Morgan fingerprint density at radius 3 is 0.959 bits per heavy atom. The second kappa shape index (κ2) is 25.8. The van der Waals surface area contributed by atoms with Crippen molar-refractivity contribution in [3.8, 4) is 0 Å². The van der Waals surface area contributed by atoms with Crippen molar-refractivity contribution in [2.75, 3.05) is 46.2 Å². The van der Waals surface area contributed by atoms with Crippen LogP contribution in [0.3, 0.4) is 0 Å². The lowest BCUT2D eigenvalue weighted by molar-refractivity contribution is -0.396. The minimum Gasteiger partial charge on any atom is -0.394 e. The van der Waals surface area contributed by atoms with Crippen molar-refractivity contribution >= 4 is 0 Å². The van der Waals surface area contributed by atoms with E-state index in [0.29, 0.717) is 0 Å². The highest BCUT2D eigenvalue weighted by molar-refractivity contribution is 5.00. The van der Waals surface area contributed by atoms with E-state index in [1.165, 1.54) is 0 Å². The van der Waals surface area contributed by atoms with Gasteiger partial charge in [-0.25, -0.2) is 0 Å². The number of aliphatic hydroxyl groups is 21. The van der Waals surface area contributed by atoms with E-state index in [0.717, 1.165) is 0 Å². The number of aliphatic hydroxyl groups excluding tert-OH is 21. The third-order valence-corrected chi connectivity index (χ3v) is 13.7. The van der Waals surface area contributed by atoms with Gasteiger partial charge in [-0.1, -0.05) is 0 Å². The summed E-state index contributed by atoms with van der Waals surface area (Å²) >= 11 is 0. The predicted octanol–water partition coefficient (Wildman–Crippen LogP) is -15.0. The van der Waals surface area contributed by atoms with Crippen molar-refractivity contribution in [1.29, 1.82) is 0 Å². The molecule has 0 saturated carbocycles. The van der Waals surface area contributed by atoms with Gasteiger partial charge in [0.2, 0.25) is 0 Å². The van der Waals surface area contributed by atoms with Crippen molar-refractivity contribution < 1.29 is 169 Å². The van der Waals surface area contributed by atoms with Crippen molar-refractivity contribution in [2.24, 2.45) is 0 Å². The van der Waals surface area contributed by atoms with Gasteiger partial charge >= 0.3 is 0 Å². The molecule has 7 fully saturated rings. The summed E-state index contributed by atoms with van der Waals surface area (Å²) in [6, 6.07) is 0. The van der Waals surface area contributed by atoms with Gasteiger partial charge in [0.25, 0.3) is 0 Å². The molecule has 0 unspecified atom stereocenters. The summed E-state index contributed by atoms with van der Waals surface area (Å²) in [7, 11) is 0. The number of ether oxygens (including phenoxy) is 13. The van der Waals surface area contributed by atoms with E-state index in [9.17, 15) is 107 Å². The molecule has 0 radical (unpaired) electrons. The fourth-order valence-corrected chi connectivity index (χ4v) is 9.24. The van der Waals surface area contributed by atoms with Crippen LogP contribution in [0, 0.1) is 0 Å². The fraction of sp³-hybridized carbons (Fsp3) is 1.00. The molecule has 7 aliphatic heterocycles. The fourth-order valence-electron chi connectivity index (χ4n) is 9.24. The van der Waals surface area contributed by atoms with Gasteiger partial charge in [0.15, 0.2) is 44.0 Å². The Hall–Kier alpha value is -1.36. The zero-order chi connectivity index (χ0) is 54.2. The van der Waals surface area contributed by atoms with E-state index >= 15 is 0 Å². The lowest BCUT2D eigenvalue weighted by atomic mass is 9.95. The lowest BCUT2D eigenvalue weighted by Crippen LogP contribution is -2.68. The van der Waals surface area contributed by atoms with E-state index in [1.807, 2.05) is 0 Å². The van der Waals surface area contributed by atoms with Crippen LogP contribution in [0.15, 0.2) is 0 Å². The second-order valence-corrected chi connectivity index (χ2v) is 18.8. The van der Waals surface area contributed by atoms with Gasteiger partial charge < -0.3 is 169 Å². The summed E-state index contributed by atoms with van der Waals surface area (Å²) in [5, 5.41) is 222. The highest BCUT2D eigenvalue weighted by Crippen LogP contribution is 2.36. The average Bonchev–Trinajstić information content (AvgIpc) is 3.38. The normalized spacial score (nSPS) is 53.7. The molecule has 7 heterocycles. The quantitative estimate of drug-likeness (QED) is 0.0643. The first-order valence-electron chi connectivity index (χ1n) is 23.5. The van der Waals surface area contributed by atoms with E-state index in [1.54, 1.807) is 0 Å². The number of hydrogen-bond acceptors (Lipinski definition) is 34. The molecule has 33 atom stereocenters. The van der Waals surface area contributed by atoms with E-state index in [2.05, 4.69) is 0 Å². The van der Waals surface area contributed by atoms with Crippen LogP contribution in [-0.4, -0.2) is 356 Å². The minimum absolute atomic E-state index is 0.528. The summed E-state index contributed by atoms with van der Waals surface area (Å²) in [5.74, 6) is 0. The van der Waals surface area contributed by atoms with Gasteiger partial charge in [-0.2, -0.15) is 0 Å². The van der Waals surface area contributed by atoms with Crippen LogP contribution >= 0.6 is 0 Å². The molecule has 74 heavy (non-hydrogen) atoms. The first-order chi connectivity index (χ1) is 35.0. The third kappa shape index (κ3) is 12.6. The first-order valence-corrected chi connectivity index (χ1v) is 23.5. The Kier molecular flexibility index (Phi) is 21.0. The first kappa shape index (κ1) is 60.3. The smallest absolute Gasteiger partial charge is 0.187 e. The molecule has 0 aromatic heterocycles. The van der Waals surface area contributed by atoms with Crippen molar-refractivity contribution in [3.63, 3.8) is 0 Å². The highest BCUT2D eigenvalue weighted by atomic mass is 16.8. The maximum absolute atomic E-state index is 11.5. The van der Waals surface area contributed by atoms with Crippen molar-refractivity contribution in [1.82, 2.24) is 0 Å². The molecule has 34 nitrogen and oxygen atoms in total. The maximum Gasteiger partial charge on any atom is 0.187 e. The van der Waals surface area contributed by atoms with Crippen LogP contribution in [-0.2, 0) is 61.6 Å². The molecule has 0 amide bonds. The Bertz CT molecular complexity index is 1710. The molecular weight excluding hydrogens is 1020 g/mol. The van der Waals surface area contributed by atoms with E-state index < -0.39 is 249 Å². The highest BCUT2D eigenvalue weighted by Gasteiger charge is 2.57. The number of hydrogen-bond donors (Lipinski definition) is 21. The van der Waals surface area contributed by atoms with Crippen LogP contribution in [0.4, 0.5) is 0 Å². The van der Waals surface area contributed by atoms with Crippen LogP contribution < -0.4 is 0 Å². The average molecular weight is 1090 g/mol. The standard InChI is InChI=1S/C40H68O34/c41-1-10-17(48)18(49)26(57)37(67-10)73-32-13(6-64-35-24(55)15(46)8(44)4-62-35)70-40(29(60)21(32)52)72-31-12(3-43)68-38(27(58)20(31)51)74-33-14(7-65-36-25(56)16(47)9(45)5-63-36)69-39(28(59)22(33)53)71-30-11(2-42)66-34(61)23(54)19(30)50/h8-61H,1-7H2/t8-,9-,10-,11-,12-,13-,14-,15+,16+,17-,18+,19-,20-,21-,22-,23-,24-,25-,26-,27-,28-,29-,30-,31-,32-,33-,34-,35-,36-,37+,38+,39+,40+/m1/s1. The molecule has 0 aromatic rings. The molecule has 7 saturated heterocycles. The SMILES string of the molecule is OC[C@H]1O[C@@H](O[C@H]2[C@H](O)[C@@H](O)[C@H](O[C@H]3[C@H](O)[C@@H](O)[C@H](O[C@H]4[C@H](O)[C@@H](O)[C@H](O[C@H]5[C@H](O)[C@@H](O)[C@H](O)O[C@@H]5CO)O[C@@H]4CO[C@H]4OC[C@@H](O)[C@H](O)[C@H]4O)O[C@@H]3CO)O[C@@H]2CO[C@H]2OC[C@@H](O)[C@H](O)[C@H]2O)[C@H](O)[C@@H](O)[C@@H]1O. The largest absolute Gasteiger partial charge is 0.394 e. The Morgan fingerprint density at radius 2 is 0.581 bits per heavy atom. The molecule has 7 aliphatic rings. The van der Waals surface area contributed by atoms with Gasteiger partial charge in [0.1, 0.15) is 159 Å². The molecule has 21 N–H and O–H groups in total.